The highest BCUT2D eigenvalue weighted by Gasteiger charge is 2.28. The van der Waals surface area contributed by atoms with E-state index < -0.39 is 11.7 Å². The molecule has 1 aliphatic heterocycles. The highest BCUT2D eigenvalue weighted by molar-refractivity contribution is 5.85. The van der Waals surface area contributed by atoms with Crippen LogP contribution in [-0.4, -0.2) is 70.8 Å². The molecule has 162 valence electrons. The van der Waals surface area contributed by atoms with Gasteiger partial charge in [-0.25, -0.2) is 4.79 Å². The van der Waals surface area contributed by atoms with Crippen LogP contribution >= 0.6 is 0 Å². The van der Waals surface area contributed by atoms with E-state index in [0.29, 0.717) is 31.7 Å². The number of anilines is 1. The molecule has 0 bridgehead atoms. The lowest BCUT2D eigenvalue weighted by atomic mass is 10.1. The molecule has 7 heteroatoms. The molecule has 0 aromatic heterocycles. The van der Waals surface area contributed by atoms with Crippen molar-refractivity contribution in [3.8, 4) is 0 Å². The minimum Gasteiger partial charge on any atom is -0.444 e. The lowest BCUT2D eigenvalue weighted by Gasteiger charge is -2.41. The van der Waals surface area contributed by atoms with Gasteiger partial charge in [-0.15, -0.1) is 0 Å². The van der Waals surface area contributed by atoms with E-state index in [1.54, 1.807) is 19.1 Å². The molecule has 7 nitrogen and oxygen atoms in total. The van der Waals surface area contributed by atoms with Crippen LogP contribution in [0.4, 0.5) is 10.5 Å². The zero-order valence-corrected chi connectivity index (χ0v) is 18.3. The number of rotatable bonds is 6. The second-order valence-electron chi connectivity index (χ2n) is 8.75. The first-order valence-electron chi connectivity index (χ1n) is 10.4. The van der Waals surface area contributed by atoms with Crippen molar-refractivity contribution in [2.75, 3.05) is 31.5 Å². The lowest BCUT2D eigenvalue weighted by Crippen LogP contribution is -2.56. The molecule has 29 heavy (non-hydrogen) atoms. The summed E-state index contributed by atoms with van der Waals surface area (Å²) < 4.78 is 5.24. The molecule has 0 spiro atoms. The number of nitrogens with one attached hydrogen (secondary N) is 1. The molecular weight excluding hydrogens is 370 g/mol. The van der Waals surface area contributed by atoms with E-state index in [1.807, 2.05) is 37.8 Å². The van der Waals surface area contributed by atoms with Gasteiger partial charge in [0.15, 0.2) is 0 Å². The number of carbonyl (C=O) groups excluding carboxylic acids is 2. The van der Waals surface area contributed by atoms with E-state index in [9.17, 15) is 14.7 Å². The van der Waals surface area contributed by atoms with Gasteiger partial charge in [0, 0.05) is 37.9 Å². The van der Waals surface area contributed by atoms with Crippen LogP contribution in [-0.2, 0) is 16.0 Å². The SMILES string of the molecule is CC[C@@H]1CN(C(=O)Cc2ccc(NC(=O)OC(C)(C)C)cc2)CCN1C[C@@H](C)O. The number of hydrogen-bond donors (Lipinski definition) is 2. The Hall–Kier alpha value is -2.12. The zero-order chi connectivity index (χ0) is 21.6. The van der Waals surface area contributed by atoms with Gasteiger partial charge in [0.1, 0.15) is 5.60 Å². The van der Waals surface area contributed by atoms with Crippen molar-refractivity contribution in [1.82, 2.24) is 9.80 Å². The highest BCUT2D eigenvalue weighted by Crippen LogP contribution is 2.17. The van der Waals surface area contributed by atoms with Gasteiger partial charge < -0.3 is 14.7 Å². The average molecular weight is 406 g/mol. The molecule has 2 N–H and O–H groups in total. The van der Waals surface area contributed by atoms with Crippen molar-refractivity contribution in [3.05, 3.63) is 29.8 Å². The van der Waals surface area contributed by atoms with Crippen LogP contribution in [0.1, 0.15) is 46.6 Å². The topological polar surface area (TPSA) is 82.1 Å². The zero-order valence-electron chi connectivity index (χ0n) is 18.3. The first kappa shape index (κ1) is 23.2. The number of benzene rings is 1. The van der Waals surface area contributed by atoms with Crippen molar-refractivity contribution in [1.29, 1.82) is 0 Å². The maximum Gasteiger partial charge on any atom is 0.412 e. The fourth-order valence-electron chi connectivity index (χ4n) is 3.50. The van der Waals surface area contributed by atoms with Gasteiger partial charge >= 0.3 is 6.09 Å². The fraction of sp³-hybridized carbons (Fsp3) is 0.636. The van der Waals surface area contributed by atoms with Crippen LogP contribution in [0, 0.1) is 0 Å². The molecule has 1 aliphatic rings. The van der Waals surface area contributed by atoms with E-state index in [0.717, 1.165) is 18.5 Å². The van der Waals surface area contributed by atoms with E-state index >= 15 is 0 Å². The van der Waals surface area contributed by atoms with Gasteiger partial charge in [-0.3, -0.25) is 15.0 Å². The summed E-state index contributed by atoms with van der Waals surface area (Å²) in [5.74, 6) is 0.105. The van der Waals surface area contributed by atoms with Crippen molar-refractivity contribution in [2.45, 2.75) is 65.2 Å². The van der Waals surface area contributed by atoms with E-state index in [4.69, 9.17) is 4.74 Å². The van der Waals surface area contributed by atoms with Crippen LogP contribution < -0.4 is 5.32 Å². The Balaban J connectivity index is 1.88. The van der Waals surface area contributed by atoms with Crippen molar-refractivity contribution in [3.63, 3.8) is 0 Å². The number of ether oxygens (including phenoxy) is 1. The van der Waals surface area contributed by atoms with Crippen LogP contribution in [0.15, 0.2) is 24.3 Å². The summed E-state index contributed by atoms with van der Waals surface area (Å²) >= 11 is 0. The van der Waals surface area contributed by atoms with Crippen LogP contribution in [0.2, 0.25) is 0 Å². The van der Waals surface area contributed by atoms with Crippen LogP contribution in [0.5, 0.6) is 0 Å². The number of carbonyl (C=O) groups is 2. The lowest BCUT2D eigenvalue weighted by molar-refractivity contribution is -0.133. The average Bonchev–Trinajstić information content (AvgIpc) is 2.61. The number of amides is 2. The summed E-state index contributed by atoms with van der Waals surface area (Å²) in [6.07, 6.45) is 0.419. The summed E-state index contributed by atoms with van der Waals surface area (Å²) in [4.78, 5) is 28.8. The molecule has 1 aromatic carbocycles. The Labute approximate surface area is 174 Å². The number of aliphatic hydroxyl groups is 1. The van der Waals surface area contributed by atoms with Gasteiger partial charge in [-0.05, 0) is 51.8 Å². The third kappa shape index (κ3) is 7.66. The number of β-amino-alcohol motifs (C(OH)–C–C–N with tert-alkyl or cyclic N) is 1. The van der Waals surface area contributed by atoms with Gasteiger partial charge in [0.05, 0.1) is 12.5 Å². The number of piperazine rings is 1. The molecular formula is C22H35N3O4. The smallest absolute Gasteiger partial charge is 0.412 e. The molecule has 1 heterocycles. The van der Waals surface area contributed by atoms with E-state index in [2.05, 4.69) is 17.1 Å². The minimum atomic E-state index is -0.550. The van der Waals surface area contributed by atoms with Crippen molar-refractivity contribution >= 4 is 17.7 Å². The Bertz CT molecular complexity index is 682. The summed E-state index contributed by atoms with van der Waals surface area (Å²) in [5.41, 5.74) is 0.990. The quantitative estimate of drug-likeness (QED) is 0.761. The molecule has 1 fully saturated rings. The molecule has 2 rings (SSSR count). The van der Waals surface area contributed by atoms with Gasteiger partial charge in [-0.1, -0.05) is 19.1 Å². The first-order chi connectivity index (χ1) is 13.6. The number of aliphatic hydroxyl groups excluding tert-OH is 1. The van der Waals surface area contributed by atoms with E-state index in [1.165, 1.54) is 0 Å². The van der Waals surface area contributed by atoms with Crippen LogP contribution in [0.3, 0.4) is 0 Å². The number of hydrogen-bond acceptors (Lipinski definition) is 5. The Morgan fingerprint density at radius 1 is 1.24 bits per heavy atom. The molecule has 0 aliphatic carbocycles. The van der Waals surface area contributed by atoms with Gasteiger partial charge in [0.25, 0.3) is 0 Å². The third-order valence-corrected chi connectivity index (χ3v) is 4.88. The Morgan fingerprint density at radius 2 is 1.90 bits per heavy atom. The Kier molecular flexibility index (Phi) is 8.05. The normalized spacial score (nSPS) is 19.0. The maximum atomic E-state index is 12.7. The fourth-order valence-corrected chi connectivity index (χ4v) is 3.50. The van der Waals surface area contributed by atoms with Gasteiger partial charge in [-0.2, -0.15) is 0 Å². The largest absolute Gasteiger partial charge is 0.444 e. The van der Waals surface area contributed by atoms with Crippen LogP contribution in [0.25, 0.3) is 0 Å². The number of nitrogens with zero attached hydrogens (tertiary/aromatic N) is 2. The molecule has 0 saturated carbocycles. The summed E-state index contributed by atoms with van der Waals surface area (Å²) in [5, 5.41) is 12.4. The molecule has 1 saturated heterocycles. The summed E-state index contributed by atoms with van der Waals surface area (Å²) in [6, 6.07) is 7.55. The minimum absolute atomic E-state index is 0.105. The molecule has 0 unspecified atom stereocenters. The summed E-state index contributed by atoms with van der Waals surface area (Å²) in [7, 11) is 0. The standard InChI is InChI=1S/C22H35N3O4/c1-6-19-15-25(12-11-24(19)14-16(2)26)20(27)13-17-7-9-18(10-8-17)23-21(28)29-22(3,4)5/h7-10,16,19,26H,6,11-15H2,1-5H3,(H,23,28)/t16-,19-/m1/s1. The predicted octanol–water partition coefficient (Wildman–Crippen LogP) is 2.88. The third-order valence-electron chi connectivity index (χ3n) is 4.88. The van der Waals surface area contributed by atoms with E-state index in [-0.39, 0.29) is 18.1 Å². The highest BCUT2D eigenvalue weighted by atomic mass is 16.6. The second kappa shape index (κ2) is 10.1. The predicted molar refractivity (Wildman–Crippen MR) is 114 cm³/mol. The van der Waals surface area contributed by atoms with Gasteiger partial charge in [0.2, 0.25) is 5.91 Å². The van der Waals surface area contributed by atoms with Crippen molar-refractivity contribution < 1.29 is 19.4 Å². The molecule has 1 aromatic rings. The summed E-state index contributed by atoms with van der Waals surface area (Å²) in [6.45, 7) is 12.2. The second-order valence-corrected chi connectivity index (χ2v) is 8.75. The Morgan fingerprint density at radius 3 is 2.45 bits per heavy atom. The molecule has 2 amide bonds. The van der Waals surface area contributed by atoms with Crippen molar-refractivity contribution in [2.24, 2.45) is 0 Å². The molecule has 2 atom stereocenters. The first-order valence-corrected chi connectivity index (χ1v) is 10.4. The maximum absolute atomic E-state index is 12.7. The molecule has 0 radical (unpaired) electrons. The monoisotopic (exact) mass is 405 g/mol.